The average molecular weight is 194 g/mol. The molecule has 0 radical (unpaired) electrons. The topological polar surface area (TPSA) is 53.6 Å². The summed E-state index contributed by atoms with van der Waals surface area (Å²) in [6.07, 6.45) is 5.86. The van der Waals surface area contributed by atoms with Gasteiger partial charge in [-0.15, -0.1) is 0 Å². The van der Waals surface area contributed by atoms with Crippen LogP contribution in [0.3, 0.4) is 0 Å². The van der Waals surface area contributed by atoms with Crippen molar-refractivity contribution in [2.45, 2.75) is 45.1 Å². The van der Waals surface area contributed by atoms with Crippen LogP contribution in [-0.4, -0.2) is 21.7 Å². The lowest BCUT2D eigenvalue weighted by Crippen LogP contribution is -2.27. The molecule has 0 bridgehead atoms. The van der Waals surface area contributed by atoms with Crippen LogP contribution in [0.4, 0.5) is 0 Å². The molecule has 0 spiro atoms. The predicted octanol–water partition coefficient (Wildman–Crippen LogP) is 1.57. The molecular weight excluding hydrogens is 176 g/mol. The summed E-state index contributed by atoms with van der Waals surface area (Å²) in [6.45, 7) is 3.25. The van der Waals surface area contributed by atoms with E-state index in [4.69, 9.17) is 0 Å². The molecule has 1 aliphatic heterocycles. The molecule has 2 N–H and O–H groups in total. The van der Waals surface area contributed by atoms with Crippen molar-refractivity contribution in [2.75, 3.05) is 6.54 Å². The lowest BCUT2D eigenvalue weighted by molar-refractivity contribution is 0.398. The van der Waals surface area contributed by atoms with E-state index < -0.39 is 0 Å². The lowest BCUT2D eigenvalue weighted by Gasteiger charge is -2.20. The molecule has 2 heterocycles. The van der Waals surface area contributed by atoms with Crippen LogP contribution in [0.25, 0.3) is 0 Å². The van der Waals surface area contributed by atoms with Crippen molar-refractivity contribution in [3.05, 3.63) is 11.6 Å². The Morgan fingerprint density at radius 3 is 3.07 bits per heavy atom. The summed E-state index contributed by atoms with van der Waals surface area (Å²) in [6, 6.07) is 0.380. The third-order valence-corrected chi connectivity index (χ3v) is 2.66. The largest absolute Gasteiger partial charge is 0.307 e. The fourth-order valence-corrected chi connectivity index (χ4v) is 1.89. The van der Waals surface area contributed by atoms with Gasteiger partial charge in [0.1, 0.15) is 5.82 Å². The number of aromatic amines is 1. The van der Waals surface area contributed by atoms with Gasteiger partial charge >= 0.3 is 0 Å². The lowest BCUT2D eigenvalue weighted by atomic mass is 10.0. The number of nitrogens with zero attached hydrogens (tertiary/aromatic N) is 2. The van der Waals surface area contributed by atoms with Crippen LogP contribution in [-0.2, 0) is 6.42 Å². The van der Waals surface area contributed by atoms with E-state index in [2.05, 4.69) is 27.4 Å². The molecule has 1 saturated heterocycles. The second kappa shape index (κ2) is 4.55. The molecule has 1 aromatic rings. The first kappa shape index (κ1) is 9.65. The summed E-state index contributed by atoms with van der Waals surface area (Å²) < 4.78 is 0. The Hall–Kier alpha value is -0.900. The Morgan fingerprint density at radius 2 is 2.36 bits per heavy atom. The smallest absolute Gasteiger partial charge is 0.167 e. The van der Waals surface area contributed by atoms with Crippen LogP contribution in [0, 0.1) is 0 Å². The maximum absolute atomic E-state index is 4.49. The van der Waals surface area contributed by atoms with Gasteiger partial charge in [0, 0.05) is 6.42 Å². The molecule has 4 nitrogen and oxygen atoms in total. The number of aromatic nitrogens is 3. The van der Waals surface area contributed by atoms with Crippen LogP contribution in [0.1, 0.15) is 50.3 Å². The second-order valence-corrected chi connectivity index (χ2v) is 3.89. The molecule has 0 aromatic carbocycles. The molecule has 1 aromatic heterocycles. The number of rotatable bonds is 3. The van der Waals surface area contributed by atoms with Crippen LogP contribution >= 0.6 is 0 Å². The number of hydrogen-bond donors (Lipinski definition) is 2. The molecule has 4 heteroatoms. The Morgan fingerprint density at radius 1 is 1.43 bits per heavy atom. The zero-order valence-electron chi connectivity index (χ0n) is 8.71. The third kappa shape index (κ3) is 2.12. The van der Waals surface area contributed by atoms with E-state index >= 15 is 0 Å². The SMILES string of the molecule is CCCc1nc([C@@H]2CCCCN2)n[nH]1. The molecule has 0 aliphatic carbocycles. The monoisotopic (exact) mass is 194 g/mol. The normalized spacial score (nSPS) is 22.5. The Bertz CT molecular complexity index is 275. The van der Waals surface area contributed by atoms with Gasteiger partial charge in [-0.05, 0) is 25.8 Å². The van der Waals surface area contributed by atoms with Crippen molar-refractivity contribution in [1.82, 2.24) is 20.5 Å². The number of H-pyrrole nitrogens is 1. The van der Waals surface area contributed by atoms with Gasteiger partial charge in [0.25, 0.3) is 0 Å². The molecule has 14 heavy (non-hydrogen) atoms. The minimum atomic E-state index is 0.380. The second-order valence-electron chi connectivity index (χ2n) is 3.89. The third-order valence-electron chi connectivity index (χ3n) is 2.66. The molecule has 0 unspecified atom stereocenters. The summed E-state index contributed by atoms with van der Waals surface area (Å²) in [5.74, 6) is 1.98. The van der Waals surface area contributed by atoms with E-state index in [0.29, 0.717) is 6.04 Å². The van der Waals surface area contributed by atoms with Crippen molar-refractivity contribution in [1.29, 1.82) is 0 Å². The molecule has 1 aliphatic rings. The van der Waals surface area contributed by atoms with Gasteiger partial charge in [0.15, 0.2) is 5.82 Å². The Kier molecular flexibility index (Phi) is 3.14. The molecule has 78 valence electrons. The summed E-state index contributed by atoms with van der Waals surface area (Å²) in [7, 11) is 0. The Balaban J connectivity index is 2.00. The van der Waals surface area contributed by atoms with Gasteiger partial charge in [-0.2, -0.15) is 5.10 Å². The fourth-order valence-electron chi connectivity index (χ4n) is 1.89. The van der Waals surface area contributed by atoms with Crippen molar-refractivity contribution >= 4 is 0 Å². The van der Waals surface area contributed by atoms with E-state index in [1.54, 1.807) is 0 Å². The van der Waals surface area contributed by atoms with Crippen LogP contribution in [0.5, 0.6) is 0 Å². The van der Waals surface area contributed by atoms with E-state index in [1.165, 1.54) is 19.3 Å². The van der Waals surface area contributed by atoms with Gasteiger partial charge in [-0.3, -0.25) is 5.10 Å². The van der Waals surface area contributed by atoms with Crippen molar-refractivity contribution in [3.8, 4) is 0 Å². The van der Waals surface area contributed by atoms with Gasteiger partial charge in [-0.25, -0.2) is 4.98 Å². The summed E-state index contributed by atoms with van der Waals surface area (Å²) in [4.78, 5) is 4.49. The van der Waals surface area contributed by atoms with Crippen LogP contribution < -0.4 is 5.32 Å². The highest BCUT2D eigenvalue weighted by molar-refractivity contribution is 4.98. The highest BCUT2D eigenvalue weighted by Crippen LogP contribution is 2.19. The Labute approximate surface area is 84.5 Å². The van der Waals surface area contributed by atoms with Crippen molar-refractivity contribution < 1.29 is 0 Å². The fraction of sp³-hybridized carbons (Fsp3) is 0.800. The molecule has 0 saturated carbocycles. The first-order valence-corrected chi connectivity index (χ1v) is 5.54. The first-order chi connectivity index (χ1) is 6.90. The van der Waals surface area contributed by atoms with Gasteiger partial charge in [-0.1, -0.05) is 13.3 Å². The maximum atomic E-state index is 4.49. The maximum Gasteiger partial charge on any atom is 0.167 e. The van der Waals surface area contributed by atoms with Crippen LogP contribution in [0.2, 0.25) is 0 Å². The summed E-state index contributed by atoms with van der Waals surface area (Å²) in [5, 5.41) is 10.7. The molecule has 1 fully saturated rings. The first-order valence-electron chi connectivity index (χ1n) is 5.54. The van der Waals surface area contributed by atoms with E-state index in [0.717, 1.165) is 31.0 Å². The standard InChI is InChI=1S/C10H18N4/c1-2-5-9-12-10(14-13-9)8-6-3-4-7-11-8/h8,11H,2-7H2,1H3,(H,12,13,14)/t8-/m0/s1. The highest BCUT2D eigenvalue weighted by Gasteiger charge is 2.18. The van der Waals surface area contributed by atoms with E-state index in [9.17, 15) is 0 Å². The van der Waals surface area contributed by atoms with Gasteiger partial charge in [0.2, 0.25) is 0 Å². The molecular formula is C10H18N4. The minimum Gasteiger partial charge on any atom is -0.307 e. The van der Waals surface area contributed by atoms with E-state index in [-0.39, 0.29) is 0 Å². The average Bonchev–Trinajstić information content (AvgIpc) is 2.68. The van der Waals surface area contributed by atoms with Gasteiger partial charge in [0.05, 0.1) is 6.04 Å². The highest BCUT2D eigenvalue weighted by atomic mass is 15.2. The van der Waals surface area contributed by atoms with Crippen LogP contribution in [0.15, 0.2) is 0 Å². The quantitative estimate of drug-likeness (QED) is 0.768. The number of aryl methyl sites for hydroxylation is 1. The van der Waals surface area contributed by atoms with Gasteiger partial charge < -0.3 is 5.32 Å². The zero-order chi connectivity index (χ0) is 9.80. The summed E-state index contributed by atoms with van der Waals surface area (Å²) >= 11 is 0. The molecule has 2 rings (SSSR count). The predicted molar refractivity (Wildman–Crippen MR) is 55.0 cm³/mol. The summed E-state index contributed by atoms with van der Waals surface area (Å²) in [5.41, 5.74) is 0. The van der Waals surface area contributed by atoms with Crippen molar-refractivity contribution in [3.63, 3.8) is 0 Å². The zero-order valence-corrected chi connectivity index (χ0v) is 8.71. The molecule has 1 atom stereocenters. The number of piperidine rings is 1. The van der Waals surface area contributed by atoms with Crippen molar-refractivity contribution in [2.24, 2.45) is 0 Å². The minimum absolute atomic E-state index is 0.380. The number of nitrogens with one attached hydrogen (secondary N) is 2. The van der Waals surface area contributed by atoms with E-state index in [1.807, 2.05) is 0 Å². The number of hydrogen-bond acceptors (Lipinski definition) is 3. The molecule has 0 amide bonds.